The highest BCUT2D eigenvalue weighted by molar-refractivity contribution is 5.74. The highest BCUT2D eigenvalue weighted by atomic mass is 16.3. The maximum Gasteiger partial charge on any atom is 0.318 e. The number of hydrogen-bond donors (Lipinski definition) is 2. The van der Waals surface area contributed by atoms with Crippen LogP contribution in [0.5, 0.6) is 0 Å². The van der Waals surface area contributed by atoms with Crippen LogP contribution in [0.15, 0.2) is 18.3 Å². The van der Waals surface area contributed by atoms with E-state index in [4.69, 9.17) is 5.11 Å². The van der Waals surface area contributed by atoms with Gasteiger partial charge in [0.1, 0.15) is 0 Å². The van der Waals surface area contributed by atoms with Gasteiger partial charge in [-0.25, -0.2) is 4.79 Å². The number of aromatic nitrogens is 1. The van der Waals surface area contributed by atoms with Gasteiger partial charge in [-0.2, -0.15) is 0 Å². The van der Waals surface area contributed by atoms with Crippen molar-refractivity contribution in [2.45, 2.75) is 26.3 Å². The summed E-state index contributed by atoms with van der Waals surface area (Å²) in [6, 6.07) is 3.78. The van der Waals surface area contributed by atoms with Crippen molar-refractivity contribution in [1.29, 1.82) is 0 Å². The van der Waals surface area contributed by atoms with Crippen LogP contribution in [0.4, 0.5) is 4.79 Å². The van der Waals surface area contributed by atoms with Crippen molar-refractivity contribution < 1.29 is 9.90 Å². The van der Waals surface area contributed by atoms with E-state index >= 15 is 0 Å². The van der Waals surface area contributed by atoms with Gasteiger partial charge in [-0.05, 0) is 31.9 Å². The van der Waals surface area contributed by atoms with Crippen molar-refractivity contribution in [3.8, 4) is 0 Å². The van der Waals surface area contributed by atoms with E-state index in [1.807, 2.05) is 30.9 Å². The van der Waals surface area contributed by atoms with Crippen LogP contribution in [0.1, 0.15) is 30.6 Å². The molecule has 0 unspecified atom stereocenters. The predicted molar refractivity (Wildman–Crippen MR) is 85.6 cm³/mol. The maximum absolute atomic E-state index is 12.3. The van der Waals surface area contributed by atoms with E-state index in [1.54, 1.807) is 6.20 Å². The van der Waals surface area contributed by atoms with Crippen LogP contribution in [0.3, 0.4) is 0 Å². The molecule has 1 saturated heterocycles. The Morgan fingerprint density at radius 3 is 2.77 bits per heavy atom. The molecule has 6 nitrogen and oxygen atoms in total. The van der Waals surface area contributed by atoms with Crippen molar-refractivity contribution in [1.82, 2.24) is 20.1 Å². The minimum Gasteiger partial charge on any atom is -0.396 e. The van der Waals surface area contributed by atoms with Crippen LogP contribution in [-0.4, -0.2) is 65.3 Å². The van der Waals surface area contributed by atoms with E-state index in [9.17, 15) is 4.79 Å². The lowest BCUT2D eigenvalue weighted by atomic mass is 10.1. The Kier molecular flexibility index (Phi) is 6.15. The Morgan fingerprint density at radius 2 is 2.14 bits per heavy atom. The molecular formula is C16H26N4O2. The molecule has 0 spiro atoms. The Morgan fingerprint density at radius 1 is 1.41 bits per heavy atom. The molecule has 6 heteroatoms. The molecule has 0 aromatic carbocycles. The van der Waals surface area contributed by atoms with Gasteiger partial charge in [0.15, 0.2) is 0 Å². The van der Waals surface area contributed by atoms with Crippen molar-refractivity contribution in [2.75, 3.05) is 39.3 Å². The summed E-state index contributed by atoms with van der Waals surface area (Å²) in [4.78, 5) is 20.8. The fraction of sp³-hybridized carbons (Fsp3) is 0.625. The molecule has 1 aliphatic heterocycles. The van der Waals surface area contributed by atoms with Crippen LogP contribution in [0, 0.1) is 6.92 Å². The van der Waals surface area contributed by atoms with Gasteiger partial charge in [0.2, 0.25) is 0 Å². The van der Waals surface area contributed by atoms with Gasteiger partial charge in [0.25, 0.3) is 0 Å². The smallest absolute Gasteiger partial charge is 0.318 e. The Balaban J connectivity index is 1.82. The van der Waals surface area contributed by atoms with E-state index in [2.05, 4.69) is 15.2 Å². The lowest BCUT2D eigenvalue weighted by molar-refractivity contribution is 0.131. The molecule has 2 rings (SSSR count). The van der Waals surface area contributed by atoms with Gasteiger partial charge in [-0.3, -0.25) is 9.88 Å². The summed E-state index contributed by atoms with van der Waals surface area (Å²) in [5, 5.41) is 11.9. The Hall–Kier alpha value is -1.66. The molecule has 2 N–H and O–H groups in total. The lowest BCUT2D eigenvalue weighted by Crippen LogP contribution is -2.52. The first-order valence-electron chi connectivity index (χ1n) is 7.92. The maximum atomic E-state index is 12.3. The zero-order valence-electron chi connectivity index (χ0n) is 13.5. The first kappa shape index (κ1) is 16.7. The third-order valence-electron chi connectivity index (χ3n) is 4.09. The zero-order valence-corrected chi connectivity index (χ0v) is 13.5. The van der Waals surface area contributed by atoms with Crippen molar-refractivity contribution in [3.63, 3.8) is 0 Å². The van der Waals surface area contributed by atoms with E-state index < -0.39 is 0 Å². The number of aryl methyl sites for hydroxylation is 1. The van der Waals surface area contributed by atoms with Gasteiger partial charge in [-0.1, -0.05) is 6.07 Å². The second-order valence-electron chi connectivity index (χ2n) is 5.78. The summed E-state index contributed by atoms with van der Waals surface area (Å²) in [5.74, 6) is 0. The van der Waals surface area contributed by atoms with E-state index in [0.29, 0.717) is 0 Å². The van der Waals surface area contributed by atoms with Crippen molar-refractivity contribution in [3.05, 3.63) is 29.6 Å². The average molecular weight is 306 g/mol. The first-order valence-corrected chi connectivity index (χ1v) is 7.92. The van der Waals surface area contributed by atoms with E-state index in [-0.39, 0.29) is 18.7 Å². The highest BCUT2D eigenvalue weighted by Gasteiger charge is 2.22. The topological polar surface area (TPSA) is 68.7 Å². The largest absolute Gasteiger partial charge is 0.396 e. The molecule has 0 bridgehead atoms. The minimum absolute atomic E-state index is 0.0284. The summed E-state index contributed by atoms with van der Waals surface area (Å²) in [6.07, 6.45) is 2.55. The normalized spacial score (nSPS) is 17.3. The number of amides is 2. The SMILES string of the molecule is Cc1cccnc1[C@H](C)NC(=O)N1CCN(CCCO)CC1. The number of aliphatic hydroxyl groups is 1. The molecule has 1 aliphatic rings. The van der Waals surface area contributed by atoms with Crippen LogP contribution in [0.2, 0.25) is 0 Å². The molecular weight excluding hydrogens is 280 g/mol. The highest BCUT2D eigenvalue weighted by Crippen LogP contribution is 2.14. The van der Waals surface area contributed by atoms with Crippen molar-refractivity contribution >= 4 is 6.03 Å². The molecule has 1 aromatic heterocycles. The fourth-order valence-corrected chi connectivity index (χ4v) is 2.76. The van der Waals surface area contributed by atoms with E-state index in [0.717, 1.165) is 50.4 Å². The number of pyridine rings is 1. The van der Waals surface area contributed by atoms with Crippen LogP contribution in [0.25, 0.3) is 0 Å². The summed E-state index contributed by atoms with van der Waals surface area (Å²) in [7, 11) is 0. The van der Waals surface area contributed by atoms with Crippen LogP contribution >= 0.6 is 0 Å². The molecule has 22 heavy (non-hydrogen) atoms. The average Bonchev–Trinajstić information content (AvgIpc) is 2.53. The molecule has 1 atom stereocenters. The number of piperazine rings is 1. The molecule has 122 valence electrons. The molecule has 0 saturated carbocycles. The summed E-state index contributed by atoms with van der Waals surface area (Å²) < 4.78 is 0. The summed E-state index contributed by atoms with van der Waals surface area (Å²) in [6.45, 7) is 8.28. The predicted octanol–water partition coefficient (Wildman–Crippen LogP) is 1.16. The molecule has 0 radical (unpaired) electrons. The number of hydrogen-bond acceptors (Lipinski definition) is 4. The Bertz CT molecular complexity index is 487. The van der Waals surface area contributed by atoms with Gasteiger partial charge < -0.3 is 15.3 Å². The van der Waals surface area contributed by atoms with Crippen LogP contribution < -0.4 is 5.32 Å². The van der Waals surface area contributed by atoms with Gasteiger partial charge >= 0.3 is 6.03 Å². The lowest BCUT2D eigenvalue weighted by Gasteiger charge is -2.35. The molecule has 1 fully saturated rings. The van der Waals surface area contributed by atoms with Gasteiger partial charge in [0.05, 0.1) is 11.7 Å². The third kappa shape index (κ3) is 4.42. The number of carbonyl (C=O) groups excluding carboxylic acids is 1. The second-order valence-corrected chi connectivity index (χ2v) is 5.78. The van der Waals surface area contributed by atoms with Gasteiger partial charge in [0, 0.05) is 45.5 Å². The third-order valence-corrected chi connectivity index (χ3v) is 4.09. The number of nitrogens with zero attached hydrogens (tertiary/aromatic N) is 3. The molecule has 0 aliphatic carbocycles. The number of carbonyl (C=O) groups is 1. The van der Waals surface area contributed by atoms with E-state index in [1.165, 1.54) is 0 Å². The summed E-state index contributed by atoms with van der Waals surface area (Å²) >= 11 is 0. The van der Waals surface area contributed by atoms with Crippen molar-refractivity contribution in [2.24, 2.45) is 0 Å². The van der Waals surface area contributed by atoms with Crippen LogP contribution in [-0.2, 0) is 0 Å². The molecule has 1 aromatic rings. The first-order chi connectivity index (χ1) is 10.6. The second kappa shape index (κ2) is 8.10. The van der Waals surface area contributed by atoms with Gasteiger partial charge in [-0.15, -0.1) is 0 Å². The fourth-order valence-electron chi connectivity index (χ4n) is 2.76. The zero-order chi connectivity index (χ0) is 15.9. The number of rotatable bonds is 5. The number of nitrogens with one attached hydrogen (secondary N) is 1. The minimum atomic E-state index is -0.0962. The molecule has 2 heterocycles. The monoisotopic (exact) mass is 306 g/mol. The number of aliphatic hydroxyl groups excluding tert-OH is 1. The Labute approximate surface area is 132 Å². The number of urea groups is 1. The standard InChI is InChI=1S/C16H26N4O2/c1-13-5-3-6-17-15(13)14(2)18-16(22)20-10-8-19(9-11-20)7-4-12-21/h3,5-6,14,21H,4,7-12H2,1-2H3,(H,18,22)/t14-/m0/s1. The summed E-state index contributed by atoms with van der Waals surface area (Å²) in [5.41, 5.74) is 2.00. The molecule has 2 amide bonds. The quantitative estimate of drug-likeness (QED) is 0.856.